The van der Waals surface area contributed by atoms with Crippen LogP contribution in [-0.2, 0) is 4.79 Å². The molecule has 0 saturated carbocycles. The fourth-order valence-corrected chi connectivity index (χ4v) is 3.30. The summed E-state index contributed by atoms with van der Waals surface area (Å²) in [5.41, 5.74) is 2.92. The van der Waals surface area contributed by atoms with E-state index in [-0.39, 0.29) is 18.0 Å². The van der Waals surface area contributed by atoms with Crippen molar-refractivity contribution < 1.29 is 9.59 Å². The number of para-hydroxylation sites is 1. The van der Waals surface area contributed by atoms with Gasteiger partial charge < -0.3 is 10.2 Å². The Hall–Kier alpha value is -2.82. The highest BCUT2D eigenvalue weighted by atomic mass is 16.2. The van der Waals surface area contributed by atoms with Gasteiger partial charge in [0.05, 0.1) is 6.04 Å². The van der Waals surface area contributed by atoms with E-state index in [2.05, 4.69) is 12.2 Å². The lowest BCUT2D eigenvalue weighted by Gasteiger charge is -2.25. The van der Waals surface area contributed by atoms with Gasteiger partial charge >= 0.3 is 6.03 Å². The van der Waals surface area contributed by atoms with Crippen molar-refractivity contribution in [3.8, 4) is 0 Å². The van der Waals surface area contributed by atoms with Crippen molar-refractivity contribution in [3.63, 3.8) is 0 Å². The Morgan fingerprint density at radius 1 is 1.15 bits per heavy atom. The normalized spacial score (nSPS) is 16.4. The number of carbonyl (C=O) groups is 2. The topological polar surface area (TPSA) is 52.7 Å². The number of unbranched alkanes of at least 4 members (excludes halogenated alkanes) is 1. The molecule has 0 aromatic heterocycles. The highest BCUT2D eigenvalue weighted by Gasteiger charge is 2.32. The lowest BCUT2D eigenvalue weighted by molar-refractivity contribution is -0.117. The number of urea groups is 1. The molecule has 0 radical (unpaired) electrons. The highest BCUT2D eigenvalue weighted by molar-refractivity contribution is 5.98. The van der Waals surface area contributed by atoms with E-state index in [1.807, 2.05) is 61.5 Å². The van der Waals surface area contributed by atoms with Crippen LogP contribution in [0.4, 0.5) is 16.2 Å². The van der Waals surface area contributed by atoms with Crippen molar-refractivity contribution in [2.45, 2.75) is 39.2 Å². The molecule has 1 N–H and O–H groups in total. The van der Waals surface area contributed by atoms with Crippen LogP contribution in [0.15, 0.2) is 54.6 Å². The van der Waals surface area contributed by atoms with E-state index < -0.39 is 0 Å². The Labute approximate surface area is 161 Å². The predicted molar refractivity (Wildman–Crippen MR) is 109 cm³/mol. The summed E-state index contributed by atoms with van der Waals surface area (Å²) >= 11 is 0. The predicted octanol–water partition coefficient (Wildman–Crippen LogP) is 4.12. The number of hydrogen-bond acceptors (Lipinski definition) is 2. The third-order valence-electron chi connectivity index (χ3n) is 4.85. The number of anilines is 2. The van der Waals surface area contributed by atoms with E-state index >= 15 is 0 Å². The Morgan fingerprint density at radius 2 is 1.85 bits per heavy atom. The fraction of sp³-hybridized carbons (Fsp3) is 0.364. The van der Waals surface area contributed by atoms with Gasteiger partial charge in [-0.3, -0.25) is 9.69 Å². The average Bonchev–Trinajstić information content (AvgIpc) is 3.03. The minimum Gasteiger partial charge on any atom is -0.333 e. The molecule has 1 saturated heterocycles. The summed E-state index contributed by atoms with van der Waals surface area (Å²) in [6.45, 7) is 5.29. The number of carbonyl (C=O) groups excluding carboxylic acids is 2. The van der Waals surface area contributed by atoms with Crippen molar-refractivity contribution >= 4 is 23.3 Å². The summed E-state index contributed by atoms with van der Waals surface area (Å²) in [5.74, 6) is 0.0453. The maximum Gasteiger partial charge on any atom is 0.322 e. The minimum absolute atomic E-state index is 0.0453. The molecule has 0 unspecified atom stereocenters. The van der Waals surface area contributed by atoms with E-state index in [1.165, 1.54) is 0 Å². The molecule has 1 heterocycles. The van der Waals surface area contributed by atoms with Crippen LogP contribution in [0.1, 0.15) is 31.7 Å². The molecular formula is C22H27N3O2. The number of aryl methyl sites for hydroxylation is 1. The molecule has 142 valence electrons. The van der Waals surface area contributed by atoms with Crippen molar-refractivity contribution in [2.75, 3.05) is 22.9 Å². The summed E-state index contributed by atoms with van der Waals surface area (Å²) in [6, 6.07) is 17.3. The summed E-state index contributed by atoms with van der Waals surface area (Å²) in [6.07, 6.45) is 2.27. The standard InChI is InChI=1S/C22H27N3O2/c1-3-4-14-24(19-8-6-5-7-9-19)22(27)23-18-15-21(26)25(16-18)20-12-10-17(2)11-13-20/h5-13,18H,3-4,14-16H2,1-2H3,(H,23,27)/t18-/m0/s1. The molecule has 3 amide bonds. The van der Waals surface area contributed by atoms with Crippen molar-refractivity contribution in [2.24, 2.45) is 0 Å². The van der Waals surface area contributed by atoms with Gasteiger partial charge in [0.2, 0.25) is 5.91 Å². The molecule has 27 heavy (non-hydrogen) atoms. The van der Waals surface area contributed by atoms with Crippen LogP contribution in [0, 0.1) is 6.92 Å². The van der Waals surface area contributed by atoms with Crippen LogP contribution in [0.2, 0.25) is 0 Å². The Kier molecular flexibility index (Phi) is 6.12. The largest absolute Gasteiger partial charge is 0.333 e. The second-order valence-electron chi connectivity index (χ2n) is 7.03. The van der Waals surface area contributed by atoms with Gasteiger partial charge in [0.1, 0.15) is 0 Å². The fourth-order valence-electron chi connectivity index (χ4n) is 3.30. The van der Waals surface area contributed by atoms with Crippen molar-refractivity contribution in [1.82, 2.24) is 5.32 Å². The molecule has 2 aromatic rings. The molecule has 0 spiro atoms. The first-order chi connectivity index (χ1) is 13.1. The van der Waals surface area contributed by atoms with E-state index in [9.17, 15) is 9.59 Å². The van der Waals surface area contributed by atoms with Crippen LogP contribution >= 0.6 is 0 Å². The quantitative estimate of drug-likeness (QED) is 0.837. The van der Waals surface area contributed by atoms with Gasteiger partial charge in [-0.15, -0.1) is 0 Å². The van der Waals surface area contributed by atoms with Gasteiger partial charge in [0.15, 0.2) is 0 Å². The molecule has 2 aromatic carbocycles. The Morgan fingerprint density at radius 3 is 2.52 bits per heavy atom. The summed E-state index contributed by atoms with van der Waals surface area (Å²) < 4.78 is 0. The zero-order chi connectivity index (χ0) is 19.2. The monoisotopic (exact) mass is 365 g/mol. The summed E-state index contributed by atoms with van der Waals surface area (Å²) in [7, 11) is 0. The van der Waals surface area contributed by atoms with Gasteiger partial charge in [-0.25, -0.2) is 4.79 Å². The van der Waals surface area contributed by atoms with Crippen LogP contribution in [-0.4, -0.2) is 31.1 Å². The molecule has 1 atom stereocenters. The zero-order valence-corrected chi connectivity index (χ0v) is 16.0. The Bertz CT molecular complexity index is 774. The minimum atomic E-state index is -0.181. The smallest absolute Gasteiger partial charge is 0.322 e. The lowest BCUT2D eigenvalue weighted by atomic mass is 10.2. The number of nitrogens with one attached hydrogen (secondary N) is 1. The zero-order valence-electron chi connectivity index (χ0n) is 16.0. The van der Waals surface area contributed by atoms with Crippen molar-refractivity contribution in [3.05, 3.63) is 60.2 Å². The first-order valence-corrected chi connectivity index (χ1v) is 9.58. The van der Waals surface area contributed by atoms with Crippen LogP contribution in [0.5, 0.6) is 0 Å². The first kappa shape index (κ1) is 19.0. The molecular weight excluding hydrogens is 338 g/mol. The molecule has 0 aliphatic carbocycles. The molecule has 5 heteroatoms. The van der Waals surface area contributed by atoms with Crippen LogP contribution < -0.4 is 15.1 Å². The number of rotatable bonds is 6. The van der Waals surface area contributed by atoms with E-state index in [1.54, 1.807) is 9.80 Å². The van der Waals surface area contributed by atoms with Gasteiger partial charge in [-0.1, -0.05) is 49.2 Å². The summed E-state index contributed by atoms with van der Waals surface area (Å²) in [5, 5.41) is 3.05. The third kappa shape index (κ3) is 4.67. The van der Waals surface area contributed by atoms with Gasteiger partial charge in [0, 0.05) is 30.9 Å². The summed E-state index contributed by atoms with van der Waals surface area (Å²) in [4.78, 5) is 28.8. The van der Waals surface area contributed by atoms with Crippen LogP contribution in [0.25, 0.3) is 0 Å². The lowest BCUT2D eigenvalue weighted by Crippen LogP contribution is -2.46. The average molecular weight is 365 g/mol. The maximum absolute atomic E-state index is 12.9. The molecule has 3 rings (SSSR count). The van der Waals surface area contributed by atoms with E-state index in [4.69, 9.17) is 0 Å². The van der Waals surface area contributed by atoms with E-state index in [0.717, 1.165) is 29.8 Å². The number of amides is 3. The SMILES string of the molecule is CCCCN(C(=O)N[C@H]1CC(=O)N(c2ccc(C)cc2)C1)c1ccccc1. The maximum atomic E-state index is 12.9. The van der Waals surface area contributed by atoms with Crippen molar-refractivity contribution in [1.29, 1.82) is 0 Å². The third-order valence-corrected chi connectivity index (χ3v) is 4.85. The highest BCUT2D eigenvalue weighted by Crippen LogP contribution is 2.22. The first-order valence-electron chi connectivity index (χ1n) is 9.58. The van der Waals surface area contributed by atoms with Crippen LogP contribution in [0.3, 0.4) is 0 Å². The molecule has 1 aliphatic rings. The van der Waals surface area contributed by atoms with Gasteiger partial charge in [-0.2, -0.15) is 0 Å². The molecule has 0 bridgehead atoms. The second kappa shape index (κ2) is 8.71. The number of benzene rings is 2. The molecule has 5 nitrogen and oxygen atoms in total. The Balaban J connectivity index is 1.67. The molecule has 1 fully saturated rings. The van der Waals surface area contributed by atoms with Gasteiger partial charge in [-0.05, 0) is 37.6 Å². The van der Waals surface area contributed by atoms with E-state index in [0.29, 0.717) is 19.5 Å². The number of nitrogens with zero attached hydrogens (tertiary/aromatic N) is 2. The number of hydrogen-bond donors (Lipinski definition) is 1. The molecule has 1 aliphatic heterocycles. The van der Waals surface area contributed by atoms with Gasteiger partial charge in [0.25, 0.3) is 0 Å². The second-order valence-corrected chi connectivity index (χ2v) is 7.03.